The molecule has 3 N–H and O–H groups in total. The Hall–Kier alpha value is -3.50. The lowest BCUT2D eigenvalue weighted by atomic mass is 10.0. The van der Waals surface area contributed by atoms with Crippen LogP contribution in [0.3, 0.4) is 0 Å². The summed E-state index contributed by atoms with van der Waals surface area (Å²) >= 11 is 0. The lowest BCUT2D eigenvalue weighted by Crippen LogP contribution is -2.53. The van der Waals surface area contributed by atoms with Crippen molar-refractivity contribution in [3.8, 4) is 16.9 Å². The number of nitrogens with one attached hydrogen (secondary N) is 1. The number of hydrogen-bond donors (Lipinski definition) is 2. The minimum atomic E-state index is -4.84. The lowest BCUT2D eigenvalue weighted by Gasteiger charge is -2.39. The van der Waals surface area contributed by atoms with E-state index in [9.17, 15) is 27.6 Å². The number of primary amides is 1. The van der Waals surface area contributed by atoms with E-state index in [0.717, 1.165) is 6.07 Å². The summed E-state index contributed by atoms with van der Waals surface area (Å²) in [5, 5.41) is 0. The molecule has 1 aromatic carbocycles. The number of benzene rings is 1. The number of ether oxygens (including phenoxy) is 2. The van der Waals surface area contributed by atoms with Gasteiger partial charge in [-0.25, -0.2) is 4.79 Å². The molecule has 0 saturated carbocycles. The zero-order valence-electron chi connectivity index (χ0n) is 18.3. The number of nitrogens with two attached hydrogens (primary N) is 1. The van der Waals surface area contributed by atoms with Crippen LogP contribution in [0.2, 0.25) is 0 Å². The fourth-order valence-electron chi connectivity index (χ4n) is 3.26. The van der Waals surface area contributed by atoms with E-state index in [4.69, 9.17) is 15.2 Å². The normalized spacial score (nSPS) is 14.5. The van der Waals surface area contributed by atoms with Crippen LogP contribution in [0.1, 0.15) is 36.8 Å². The molecule has 3 rings (SSSR count). The Bertz CT molecular complexity index is 1100. The largest absolute Gasteiger partial charge is 0.493 e. The topological polar surface area (TPSA) is 115 Å². The molecule has 0 spiro atoms. The monoisotopic (exact) mass is 467 g/mol. The van der Waals surface area contributed by atoms with Gasteiger partial charge in [0.1, 0.15) is 22.6 Å². The number of amides is 2. The van der Waals surface area contributed by atoms with Crippen molar-refractivity contribution in [3.05, 3.63) is 51.9 Å². The van der Waals surface area contributed by atoms with Gasteiger partial charge < -0.3 is 25.1 Å². The van der Waals surface area contributed by atoms with E-state index in [2.05, 4.69) is 0 Å². The number of aromatic nitrogens is 1. The van der Waals surface area contributed by atoms with Gasteiger partial charge >= 0.3 is 12.3 Å². The van der Waals surface area contributed by atoms with Crippen LogP contribution >= 0.6 is 0 Å². The number of alkyl halides is 3. The van der Waals surface area contributed by atoms with Crippen molar-refractivity contribution in [2.24, 2.45) is 11.7 Å². The number of pyridine rings is 1. The van der Waals surface area contributed by atoms with Crippen LogP contribution in [0, 0.1) is 5.92 Å². The first kappa shape index (κ1) is 24.1. The Morgan fingerprint density at radius 1 is 1.15 bits per heavy atom. The van der Waals surface area contributed by atoms with E-state index in [0.29, 0.717) is 25.4 Å². The third kappa shape index (κ3) is 5.85. The summed E-state index contributed by atoms with van der Waals surface area (Å²) in [6.45, 7) is 6.64. The lowest BCUT2D eigenvalue weighted by molar-refractivity contribution is -0.140. The molecular formula is C22H24F3N3O5. The van der Waals surface area contributed by atoms with E-state index in [1.165, 1.54) is 24.3 Å². The highest BCUT2D eigenvalue weighted by Crippen LogP contribution is 2.36. The number of likely N-dealkylation sites (tertiary alicyclic amines) is 1. The molecule has 1 aliphatic rings. The first-order chi connectivity index (χ1) is 15.2. The smallest absolute Gasteiger partial charge is 0.431 e. The van der Waals surface area contributed by atoms with Crippen molar-refractivity contribution in [1.29, 1.82) is 0 Å². The maximum Gasteiger partial charge on any atom is 0.431 e. The number of H-pyrrole nitrogens is 1. The highest BCUT2D eigenvalue weighted by Gasteiger charge is 2.36. The quantitative estimate of drug-likeness (QED) is 0.700. The third-order valence-electron chi connectivity index (χ3n) is 4.85. The average Bonchev–Trinajstić information content (AvgIpc) is 2.64. The molecule has 0 atom stereocenters. The van der Waals surface area contributed by atoms with Crippen LogP contribution in [0.5, 0.6) is 5.75 Å². The Labute approximate surface area is 187 Å². The molecule has 11 heteroatoms. The maximum atomic E-state index is 13.4. The first-order valence-electron chi connectivity index (χ1n) is 10.1. The second-order valence-corrected chi connectivity index (χ2v) is 8.75. The molecule has 1 fully saturated rings. The highest BCUT2D eigenvalue weighted by molar-refractivity contribution is 5.94. The predicted molar refractivity (Wildman–Crippen MR) is 113 cm³/mol. The maximum absolute atomic E-state index is 13.4. The molecule has 0 aliphatic carbocycles. The number of carbonyl (C=O) groups is 2. The molecule has 1 saturated heterocycles. The van der Waals surface area contributed by atoms with Crippen LogP contribution in [-0.4, -0.2) is 47.2 Å². The summed E-state index contributed by atoms with van der Waals surface area (Å²) in [6, 6.07) is 6.57. The van der Waals surface area contributed by atoms with Crippen LogP contribution in [0.4, 0.5) is 18.0 Å². The van der Waals surface area contributed by atoms with Crippen molar-refractivity contribution >= 4 is 12.0 Å². The van der Waals surface area contributed by atoms with Gasteiger partial charge in [0.05, 0.1) is 6.61 Å². The van der Waals surface area contributed by atoms with Gasteiger partial charge in [-0.1, -0.05) is 12.1 Å². The molecule has 0 bridgehead atoms. The molecule has 33 heavy (non-hydrogen) atoms. The highest BCUT2D eigenvalue weighted by atomic mass is 19.4. The number of nitrogens with zero attached hydrogens (tertiary/aromatic N) is 1. The SMILES string of the molecule is CC(C)(C)OC(=O)N1CC(COc2ccc(-c3cc(C(N)=O)c(=O)[nH]c3C(F)(F)F)cc2)C1. The van der Waals surface area contributed by atoms with Crippen molar-refractivity contribution in [2.75, 3.05) is 19.7 Å². The molecule has 8 nitrogen and oxygen atoms in total. The fraction of sp³-hybridized carbons (Fsp3) is 0.409. The molecule has 2 amide bonds. The number of rotatable bonds is 5. The molecule has 1 aromatic heterocycles. The van der Waals surface area contributed by atoms with Gasteiger partial charge in [-0.2, -0.15) is 13.2 Å². The summed E-state index contributed by atoms with van der Waals surface area (Å²) in [4.78, 5) is 38.4. The fourth-order valence-corrected chi connectivity index (χ4v) is 3.26. The zero-order valence-corrected chi connectivity index (χ0v) is 18.3. The van der Waals surface area contributed by atoms with Gasteiger partial charge in [0, 0.05) is 24.6 Å². The van der Waals surface area contributed by atoms with E-state index >= 15 is 0 Å². The molecular weight excluding hydrogens is 443 g/mol. The zero-order chi connectivity index (χ0) is 24.6. The number of hydrogen-bond acceptors (Lipinski definition) is 5. The second kappa shape index (κ2) is 8.80. The van der Waals surface area contributed by atoms with E-state index in [1.54, 1.807) is 30.7 Å². The summed E-state index contributed by atoms with van der Waals surface area (Å²) in [5.74, 6) is -0.610. The van der Waals surface area contributed by atoms with Crippen LogP contribution in [-0.2, 0) is 10.9 Å². The Kier molecular flexibility index (Phi) is 6.44. The summed E-state index contributed by atoms with van der Waals surface area (Å²) in [6.07, 6.45) is -5.23. The summed E-state index contributed by atoms with van der Waals surface area (Å²) in [7, 11) is 0. The van der Waals surface area contributed by atoms with Gasteiger partial charge in [0.2, 0.25) is 0 Å². The number of aromatic amines is 1. The number of carbonyl (C=O) groups excluding carboxylic acids is 2. The first-order valence-corrected chi connectivity index (χ1v) is 10.1. The number of halogens is 3. The van der Waals surface area contributed by atoms with E-state index in [1.807, 2.05) is 0 Å². The van der Waals surface area contributed by atoms with Crippen LogP contribution in [0.25, 0.3) is 11.1 Å². The third-order valence-corrected chi connectivity index (χ3v) is 4.85. The predicted octanol–water partition coefficient (Wildman–Crippen LogP) is 3.41. The Balaban J connectivity index is 1.67. The standard InChI is InChI=1S/C22H24F3N3O5/c1-21(2,3)33-20(31)28-9-12(10-28)11-32-14-6-4-13(5-7-14)15-8-16(18(26)29)19(30)27-17(15)22(23,24)25/h4-8,12H,9-11H2,1-3H3,(H2,26,29)(H,27,30). The van der Waals surface area contributed by atoms with Crippen molar-refractivity contribution in [2.45, 2.75) is 32.5 Å². The van der Waals surface area contributed by atoms with Crippen molar-refractivity contribution < 1.29 is 32.2 Å². The van der Waals surface area contributed by atoms with Crippen molar-refractivity contribution in [1.82, 2.24) is 9.88 Å². The van der Waals surface area contributed by atoms with Crippen molar-refractivity contribution in [3.63, 3.8) is 0 Å². The molecule has 2 aromatic rings. The van der Waals surface area contributed by atoms with Gasteiger partial charge in [-0.15, -0.1) is 0 Å². The van der Waals surface area contributed by atoms with E-state index in [-0.39, 0.29) is 23.1 Å². The van der Waals surface area contributed by atoms with Gasteiger partial charge in [0.15, 0.2) is 0 Å². The summed E-state index contributed by atoms with van der Waals surface area (Å²) < 4.78 is 51.2. The molecule has 1 aliphatic heterocycles. The minimum absolute atomic E-state index is 0.103. The van der Waals surface area contributed by atoms with Gasteiger partial charge in [-0.3, -0.25) is 9.59 Å². The van der Waals surface area contributed by atoms with Gasteiger partial charge in [0.25, 0.3) is 11.5 Å². The summed E-state index contributed by atoms with van der Waals surface area (Å²) in [5.41, 5.74) is 1.21. The van der Waals surface area contributed by atoms with Crippen LogP contribution in [0.15, 0.2) is 35.1 Å². The van der Waals surface area contributed by atoms with E-state index < -0.39 is 34.5 Å². The average molecular weight is 467 g/mol. The molecule has 0 radical (unpaired) electrons. The molecule has 2 heterocycles. The molecule has 0 unspecified atom stereocenters. The molecule has 178 valence electrons. The minimum Gasteiger partial charge on any atom is -0.493 e. The van der Waals surface area contributed by atoms with Crippen LogP contribution < -0.4 is 16.0 Å². The Morgan fingerprint density at radius 3 is 2.27 bits per heavy atom. The Morgan fingerprint density at radius 2 is 1.76 bits per heavy atom. The van der Waals surface area contributed by atoms with Gasteiger partial charge in [-0.05, 0) is 44.5 Å². The second-order valence-electron chi connectivity index (χ2n) is 8.75.